The summed E-state index contributed by atoms with van der Waals surface area (Å²) in [6, 6.07) is 17.1. The van der Waals surface area contributed by atoms with Crippen molar-refractivity contribution in [1.29, 1.82) is 5.26 Å². The van der Waals surface area contributed by atoms with Crippen LogP contribution in [0.15, 0.2) is 54.7 Å². The first-order chi connectivity index (χ1) is 9.35. The lowest BCUT2D eigenvalue weighted by atomic mass is 10.0. The Morgan fingerprint density at radius 2 is 1.89 bits per heavy atom. The van der Waals surface area contributed by atoms with Crippen LogP contribution in [-0.2, 0) is 0 Å². The largest absolute Gasteiger partial charge is 0.316 e. The van der Waals surface area contributed by atoms with Gasteiger partial charge in [0.25, 0.3) is 0 Å². The van der Waals surface area contributed by atoms with Gasteiger partial charge in [0.1, 0.15) is 0 Å². The van der Waals surface area contributed by atoms with Crippen LogP contribution in [0.2, 0.25) is 0 Å². The molecule has 0 fully saturated rings. The molecule has 1 aromatic carbocycles. The highest BCUT2D eigenvalue weighted by Gasteiger charge is 2.14. The summed E-state index contributed by atoms with van der Waals surface area (Å²) in [5, 5.41) is 9.21. The molecule has 19 heavy (non-hydrogen) atoms. The molecule has 0 aliphatic heterocycles. The third-order valence-electron chi connectivity index (χ3n) is 3.14. The average molecular weight is 246 g/mol. The molecule has 0 spiro atoms. The van der Waals surface area contributed by atoms with Gasteiger partial charge in [-0.3, -0.25) is 4.79 Å². The molecule has 3 rings (SSSR count). The van der Waals surface area contributed by atoms with Gasteiger partial charge in [-0.25, -0.2) is 0 Å². The first-order valence-electron chi connectivity index (χ1n) is 5.90. The Hall–Kier alpha value is -2.86. The molecule has 0 saturated carbocycles. The maximum Gasteiger partial charge on any atom is 0.152 e. The molecule has 3 aromatic rings. The van der Waals surface area contributed by atoms with Gasteiger partial charge in [0.15, 0.2) is 6.29 Å². The Morgan fingerprint density at radius 1 is 1.11 bits per heavy atom. The molecule has 2 aromatic heterocycles. The third kappa shape index (κ3) is 1.71. The van der Waals surface area contributed by atoms with E-state index in [1.165, 1.54) is 0 Å². The van der Waals surface area contributed by atoms with Crippen molar-refractivity contribution in [3.8, 4) is 17.3 Å². The SMILES string of the molecule is N#Cc1ccccc1-c1c(C=O)cc2ccccn12. The Morgan fingerprint density at radius 3 is 2.68 bits per heavy atom. The Bertz CT molecular complexity index is 809. The minimum Gasteiger partial charge on any atom is -0.316 e. The summed E-state index contributed by atoms with van der Waals surface area (Å²) < 4.78 is 1.93. The first kappa shape index (κ1) is 11.2. The van der Waals surface area contributed by atoms with E-state index in [9.17, 15) is 10.1 Å². The van der Waals surface area contributed by atoms with E-state index in [1.807, 2.05) is 53.1 Å². The smallest absolute Gasteiger partial charge is 0.152 e. The van der Waals surface area contributed by atoms with Gasteiger partial charge in [-0.05, 0) is 24.3 Å². The number of aldehydes is 1. The number of aromatic nitrogens is 1. The number of carbonyl (C=O) groups is 1. The number of carbonyl (C=O) groups excluding carboxylic acids is 1. The standard InChI is InChI=1S/C16H10N2O/c17-10-12-5-1-2-7-15(12)16-13(11-19)9-14-6-3-4-8-18(14)16/h1-9,11H. The van der Waals surface area contributed by atoms with Crippen LogP contribution in [-0.4, -0.2) is 10.7 Å². The zero-order chi connectivity index (χ0) is 13.2. The molecule has 0 aliphatic carbocycles. The number of benzene rings is 1. The van der Waals surface area contributed by atoms with E-state index in [4.69, 9.17) is 0 Å². The summed E-state index contributed by atoms with van der Waals surface area (Å²) in [4.78, 5) is 11.3. The number of rotatable bonds is 2. The van der Waals surface area contributed by atoms with Gasteiger partial charge in [-0.2, -0.15) is 5.26 Å². The van der Waals surface area contributed by atoms with Gasteiger partial charge < -0.3 is 4.40 Å². The number of nitriles is 1. The molecule has 2 heterocycles. The van der Waals surface area contributed by atoms with E-state index in [0.29, 0.717) is 11.1 Å². The Balaban J connectivity index is 2.42. The predicted octanol–water partition coefficient (Wildman–Crippen LogP) is 3.29. The maximum atomic E-state index is 11.3. The van der Waals surface area contributed by atoms with Crippen molar-refractivity contribution >= 4 is 11.8 Å². The second kappa shape index (κ2) is 4.43. The summed E-state index contributed by atoms with van der Waals surface area (Å²) in [6.45, 7) is 0. The fraction of sp³-hybridized carbons (Fsp3) is 0. The van der Waals surface area contributed by atoms with E-state index in [1.54, 1.807) is 6.07 Å². The van der Waals surface area contributed by atoms with Crippen molar-refractivity contribution < 1.29 is 4.79 Å². The molecule has 3 heteroatoms. The number of nitrogens with zero attached hydrogens (tertiary/aromatic N) is 2. The molecule has 0 bridgehead atoms. The summed E-state index contributed by atoms with van der Waals surface area (Å²) in [6.07, 6.45) is 2.72. The minimum atomic E-state index is 0.564. The average Bonchev–Trinajstić information content (AvgIpc) is 2.85. The normalized spacial score (nSPS) is 10.3. The topological polar surface area (TPSA) is 45.3 Å². The summed E-state index contributed by atoms with van der Waals surface area (Å²) in [5.41, 5.74) is 3.64. The van der Waals surface area contributed by atoms with Crippen LogP contribution in [0, 0.1) is 11.3 Å². The molecule has 0 amide bonds. The van der Waals surface area contributed by atoms with E-state index >= 15 is 0 Å². The zero-order valence-corrected chi connectivity index (χ0v) is 10.1. The number of pyridine rings is 1. The summed E-state index contributed by atoms with van der Waals surface area (Å²) in [5.74, 6) is 0. The van der Waals surface area contributed by atoms with Gasteiger partial charge in [-0.15, -0.1) is 0 Å². The highest BCUT2D eigenvalue weighted by molar-refractivity contribution is 5.91. The molecular weight excluding hydrogens is 236 g/mol. The van der Waals surface area contributed by atoms with Crippen molar-refractivity contribution in [3.05, 3.63) is 65.9 Å². The van der Waals surface area contributed by atoms with E-state index in [0.717, 1.165) is 23.1 Å². The fourth-order valence-electron chi connectivity index (χ4n) is 2.31. The number of hydrogen-bond acceptors (Lipinski definition) is 2. The van der Waals surface area contributed by atoms with Crippen molar-refractivity contribution in [1.82, 2.24) is 4.40 Å². The van der Waals surface area contributed by atoms with Crippen molar-refractivity contribution in [2.24, 2.45) is 0 Å². The summed E-state index contributed by atoms with van der Waals surface area (Å²) in [7, 11) is 0. The zero-order valence-electron chi connectivity index (χ0n) is 10.1. The molecule has 0 atom stereocenters. The van der Waals surface area contributed by atoms with Crippen LogP contribution in [0.5, 0.6) is 0 Å². The van der Waals surface area contributed by atoms with E-state index in [-0.39, 0.29) is 0 Å². The van der Waals surface area contributed by atoms with Crippen molar-refractivity contribution in [2.75, 3.05) is 0 Å². The Kier molecular flexibility index (Phi) is 2.62. The van der Waals surface area contributed by atoms with Crippen LogP contribution in [0.25, 0.3) is 16.8 Å². The molecule has 90 valence electrons. The minimum absolute atomic E-state index is 0.564. The predicted molar refractivity (Wildman–Crippen MR) is 72.9 cm³/mol. The second-order valence-corrected chi connectivity index (χ2v) is 4.22. The van der Waals surface area contributed by atoms with Crippen LogP contribution >= 0.6 is 0 Å². The van der Waals surface area contributed by atoms with E-state index in [2.05, 4.69) is 6.07 Å². The molecule has 0 saturated heterocycles. The second-order valence-electron chi connectivity index (χ2n) is 4.22. The van der Waals surface area contributed by atoms with Crippen LogP contribution in [0.3, 0.4) is 0 Å². The van der Waals surface area contributed by atoms with Gasteiger partial charge in [0.2, 0.25) is 0 Å². The van der Waals surface area contributed by atoms with Crippen LogP contribution in [0.4, 0.5) is 0 Å². The van der Waals surface area contributed by atoms with Crippen LogP contribution in [0.1, 0.15) is 15.9 Å². The van der Waals surface area contributed by atoms with Gasteiger partial charge in [0.05, 0.1) is 17.3 Å². The quantitative estimate of drug-likeness (QED) is 0.651. The number of fused-ring (bicyclic) bond motifs is 1. The molecule has 0 unspecified atom stereocenters. The van der Waals surface area contributed by atoms with E-state index < -0.39 is 0 Å². The molecule has 0 N–H and O–H groups in total. The maximum absolute atomic E-state index is 11.3. The lowest BCUT2D eigenvalue weighted by Crippen LogP contribution is -1.93. The molecule has 3 nitrogen and oxygen atoms in total. The Labute approximate surface area is 110 Å². The number of hydrogen-bond donors (Lipinski definition) is 0. The van der Waals surface area contributed by atoms with Crippen molar-refractivity contribution in [2.45, 2.75) is 0 Å². The first-order valence-corrected chi connectivity index (χ1v) is 5.90. The molecular formula is C16H10N2O. The third-order valence-corrected chi connectivity index (χ3v) is 3.14. The highest BCUT2D eigenvalue weighted by Crippen LogP contribution is 2.29. The monoisotopic (exact) mass is 246 g/mol. The van der Waals surface area contributed by atoms with Crippen molar-refractivity contribution in [3.63, 3.8) is 0 Å². The highest BCUT2D eigenvalue weighted by atomic mass is 16.1. The molecule has 0 aliphatic rings. The lowest BCUT2D eigenvalue weighted by Gasteiger charge is -2.06. The summed E-state index contributed by atoms with van der Waals surface area (Å²) >= 11 is 0. The lowest BCUT2D eigenvalue weighted by molar-refractivity contribution is 0.112. The van der Waals surface area contributed by atoms with Gasteiger partial charge in [0, 0.05) is 22.8 Å². The fourth-order valence-corrected chi connectivity index (χ4v) is 2.31. The van der Waals surface area contributed by atoms with Crippen LogP contribution < -0.4 is 0 Å². The van der Waals surface area contributed by atoms with Gasteiger partial charge in [-0.1, -0.05) is 24.3 Å². The van der Waals surface area contributed by atoms with Gasteiger partial charge >= 0.3 is 0 Å². The molecule has 0 radical (unpaired) electrons.